The van der Waals surface area contributed by atoms with Gasteiger partial charge in [0.1, 0.15) is 0 Å². The lowest BCUT2D eigenvalue weighted by Crippen LogP contribution is -2.32. The van der Waals surface area contributed by atoms with Gasteiger partial charge in [0.05, 0.1) is 18.6 Å². The maximum Gasteiger partial charge on any atom is 0.215 e. The van der Waals surface area contributed by atoms with Crippen LogP contribution in [0.4, 0.5) is 0 Å². The smallest absolute Gasteiger partial charge is 0.215 e. The summed E-state index contributed by atoms with van der Waals surface area (Å²) in [5.41, 5.74) is 4.27. The van der Waals surface area contributed by atoms with Crippen molar-refractivity contribution in [1.29, 1.82) is 0 Å². The maximum atomic E-state index is 8.62. The minimum Gasteiger partial charge on any atom is -0.358 e. The molecule has 4 N–H and O–H groups in total. The van der Waals surface area contributed by atoms with E-state index in [4.69, 9.17) is 5.21 Å². The van der Waals surface area contributed by atoms with Gasteiger partial charge < -0.3 is 10.3 Å². The van der Waals surface area contributed by atoms with Crippen LogP contribution in [0.25, 0.3) is 0 Å². The summed E-state index contributed by atoms with van der Waals surface area (Å²) in [7, 11) is 1.70. The Balaban J connectivity index is 0. The first-order valence-corrected chi connectivity index (χ1v) is 6.62. The first-order chi connectivity index (χ1) is 8.27. The van der Waals surface area contributed by atoms with Crippen LogP contribution in [0.1, 0.15) is 11.4 Å². The Morgan fingerprint density at radius 3 is 2.74 bits per heavy atom. The number of aromatic nitrogens is 2. The van der Waals surface area contributed by atoms with E-state index in [-0.39, 0.29) is 24.8 Å². The van der Waals surface area contributed by atoms with Crippen LogP contribution in [0.5, 0.6) is 0 Å². The Kier molecular flexibility index (Phi) is 13.5. The molecule has 1 aromatic rings. The molecule has 9 heteroatoms. The number of aliphatic imine (C=N–C) groups is 1. The van der Waals surface area contributed by atoms with Crippen LogP contribution in [0.2, 0.25) is 0 Å². The van der Waals surface area contributed by atoms with Gasteiger partial charge in [-0.1, -0.05) is 0 Å². The number of halogens is 2. The Bertz CT molecular complexity index is 355. The monoisotopic (exact) mass is 329 g/mol. The minimum atomic E-state index is 0. The second-order valence-electron chi connectivity index (χ2n) is 3.42. The number of thioether (sulfide) groups is 1. The van der Waals surface area contributed by atoms with E-state index < -0.39 is 0 Å². The van der Waals surface area contributed by atoms with E-state index >= 15 is 0 Å². The van der Waals surface area contributed by atoms with Gasteiger partial charge in [0.2, 0.25) is 5.96 Å². The fourth-order valence-corrected chi connectivity index (χ4v) is 2.08. The normalized spacial score (nSPS) is 10.4. The van der Waals surface area contributed by atoms with E-state index in [2.05, 4.69) is 20.3 Å². The van der Waals surface area contributed by atoms with E-state index in [1.54, 1.807) is 13.4 Å². The van der Waals surface area contributed by atoms with E-state index in [1.165, 1.54) is 5.69 Å². The summed E-state index contributed by atoms with van der Waals surface area (Å²) in [6, 6.07) is 0. The number of rotatable bonds is 6. The number of nitrogens with one attached hydrogen (secondary N) is 3. The summed E-state index contributed by atoms with van der Waals surface area (Å²) in [5, 5.41) is 11.4. The molecular formula is C10H21Cl2N5OS. The van der Waals surface area contributed by atoms with E-state index in [1.807, 2.05) is 24.2 Å². The van der Waals surface area contributed by atoms with Crippen LogP contribution < -0.4 is 10.8 Å². The highest BCUT2D eigenvalue weighted by molar-refractivity contribution is 7.99. The van der Waals surface area contributed by atoms with Crippen LogP contribution in [0, 0.1) is 6.92 Å². The molecule has 19 heavy (non-hydrogen) atoms. The lowest BCUT2D eigenvalue weighted by Gasteiger charge is -2.03. The third kappa shape index (κ3) is 8.20. The fraction of sp³-hybridized carbons (Fsp3) is 0.600. The zero-order valence-corrected chi connectivity index (χ0v) is 13.4. The molecule has 0 spiro atoms. The lowest BCUT2D eigenvalue weighted by atomic mass is 10.3. The summed E-state index contributed by atoms with van der Waals surface area (Å²) in [4.78, 5) is 11.4. The average molecular weight is 330 g/mol. The first kappa shape index (κ1) is 20.7. The third-order valence-electron chi connectivity index (χ3n) is 2.28. The van der Waals surface area contributed by atoms with Gasteiger partial charge in [0.25, 0.3) is 0 Å². The average Bonchev–Trinajstić information content (AvgIpc) is 2.74. The number of hydroxylamine groups is 1. The van der Waals surface area contributed by atoms with Gasteiger partial charge in [-0.2, -0.15) is 11.8 Å². The molecule has 112 valence electrons. The van der Waals surface area contributed by atoms with Crippen molar-refractivity contribution < 1.29 is 5.21 Å². The van der Waals surface area contributed by atoms with E-state index in [0.717, 1.165) is 23.6 Å². The molecule has 0 aromatic carbocycles. The molecular weight excluding hydrogens is 309 g/mol. The van der Waals surface area contributed by atoms with Crippen molar-refractivity contribution in [2.75, 3.05) is 25.1 Å². The maximum absolute atomic E-state index is 8.62. The SMILES string of the molecule is CN/C(=N/CCSCCc1[nH]cnc1C)NO.Cl.Cl. The van der Waals surface area contributed by atoms with Gasteiger partial charge in [-0.3, -0.25) is 10.2 Å². The van der Waals surface area contributed by atoms with Crippen LogP contribution in [-0.2, 0) is 6.42 Å². The topological polar surface area (TPSA) is 85.3 Å². The predicted molar refractivity (Wildman–Crippen MR) is 85.1 cm³/mol. The molecule has 0 amide bonds. The Hall–Kier alpha value is -0.630. The van der Waals surface area contributed by atoms with Gasteiger partial charge >= 0.3 is 0 Å². The first-order valence-electron chi connectivity index (χ1n) is 5.46. The number of H-pyrrole nitrogens is 1. The quantitative estimate of drug-likeness (QED) is 0.274. The number of aromatic amines is 1. The van der Waals surface area contributed by atoms with Crippen molar-refractivity contribution in [3.05, 3.63) is 17.7 Å². The minimum absolute atomic E-state index is 0. The molecule has 0 bridgehead atoms. The highest BCUT2D eigenvalue weighted by Crippen LogP contribution is 2.07. The summed E-state index contributed by atoms with van der Waals surface area (Å²) in [6.07, 6.45) is 2.73. The van der Waals surface area contributed by atoms with Gasteiger partial charge in [-0.05, 0) is 19.1 Å². The van der Waals surface area contributed by atoms with E-state index in [0.29, 0.717) is 12.5 Å². The molecule has 0 aliphatic carbocycles. The van der Waals surface area contributed by atoms with Crippen LogP contribution >= 0.6 is 36.6 Å². The molecule has 0 unspecified atom stereocenters. The molecule has 1 aromatic heterocycles. The highest BCUT2D eigenvalue weighted by atomic mass is 35.5. The van der Waals surface area contributed by atoms with Crippen molar-refractivity contribution in [3.8, 4) is 0 Å². The molecule has 0 saturated heterocycles. The number of imidazole rings is 1. The molecule has 0 aliphatic rings. The standard InChI is InChI=1S/C10H19N5OS.2ClH/c1-8-9(14-7-13-8)3-5-17-6-4-12-10(11-2)15-16;;/h7,16H,3-6H2,1-2H3,(H,13,14)(H2,11,12,15);2*1H. The van der Waals surface area contributed by atoms with Crippen molar-refractivity contribution in [2.24, 2.45) is 4.99 Å². The molecule has 0 aliphatic heterocycles. The zero-order chi connectivity index (χ0) is 12.5. The van der Waals surface area contributed by atoms with Crippen LogP contribution in [0.15, 0.2) is 11.3 Å². The van der Waals surface area contributed by atoms with Gasteiger partial charge in [0, 0.05) is 18.5 Å². The molecule has 0 fully saturated rings. The Labute approximate surface area is 130 Å². The van der Waals surface area contributed by atoms with Crippen molar-refractivity contribution in [1.82, 2.24) is 20.8 Å². The Morgan fingerprint density at radius 2 is 2.21 bits per heavy atom. The molecule has 0 atom stereocenters. The van der Waals surface area contributed by atoms with Gasteiger partial charge in [-0.15, -0.1) is 24.8 Å². The molecule has 6 nitrogen and oxygen atoms in total. The highest BCUT2D eigenvalue weighted by Gasteiger charge is 1.99. The lowest BCUT2D eigenvalue weighted by molar-refractivity contribution is 0.230. The van der Waals surface area contributed by atoms with E-state index in [9.17, 15) is 0 Å². The fourth-order valence-electron chi connectivity index (χ4n) is 1.31. The summed E-state index contributed by atoms with van der Waals surface area (Å²) in [5.74, 6) is 2.37. The van der Waals surface area contributed by atoms with Crippen LogP contribution in [0.3, 0.4) is 0 Å². The predicted octanol–water partition coefficient (Wildman–Crippen LogP) is 1.39. The van der Waals surface area contributed by atoms with Gasteiger partial charge in [0.15, 0.2) is 0 Å². The summed E-state index contributed by atoms with van der Waals surface area (Å²) >= 11 is 1.83. The largest absolute Gasteiger partial charge is 0.358 e. The number of aryl methyl sites for hydroxylation is 2. The molecule has 1 heterocycles. The second kappa shape index (κ2) is 12.4. The van der Waals surface area contributed by atoms with Crippen molar-refractivity contribution in [2.45, 2.75) is 13.3 Å². The number of nitrogens with zero attached hydrogens (tertiary/aromatic N) is 2. The third-order valence-corrected chi connectivity index (χ3v) is 3.24. The Morgan fingerprint density at radius 1 is 1.47 bits per heavy atom. The molecule has 0 radical (unpaired) electrons. The van der Waals surface area contributed by atoms with Crippen molar-refractivity contribution in [3.63, 3.8) is 0 Å². The number of hydrogen-bond donors (Lipinski definition) is 4. The van der Waals surface area contributed by atoms with Crippen molar-refractivity contribution >= 4 is 42.5 Å². The molecule has 0 saturated carbocycles. The van der Waals surface area contributed by atoms with Gasteiger partial charge in [-0.25, -0.2) is 10.5 Å². The second-order valence-corrected chi connectivity index (χ2v) is 4.65. The number of hydrogen-bond acceptors (Lipinski definition) is 4. The summed E-state index contributed by atoms with van der Waals surface area (Å²) in [6.45, 7) is 2.68. The molecule has 1 rings (SSSR count). The number of guanidine groups is 1. The summed E-state index contributed by atoms with van der Waals surface area (Å²) < 4.78 is 0. The zero-order valence-electron chi connectivity index (χ0n) is 11.0. The van der Waals surface area contributed by atoms with Crippen LogP contribution in [-0.4, -0.2) is 46.2 Å².